The first-order valence-electron chi connectivity index (χ1n) is 13.9. The molecule has 2 aromatic rings. The van der Waals surface area contributed by atoms with Crippen molar-refractivity contribution in [3.8, 4) is 0 Å². The SMILES string of the molecule is CCCCCCCCC(=Nc1ccc(CC)c(CC)c1)C(CCCC)=Nc1cc(C)cc(C)c1.[Pd]. The molecule has 0 aliphatic carbocycles. The fraction of sp³-hybridized carbons (Fsp3) is 0.562. The van der Waals surface area contributed by atoms with Crippen molar-refractivity contribution in [1.29, 1.82) is 0 Å². The Balaban J connectivity index is 0.00000612. The van der Waals surface area contributed by atoms with Gasteiger partial charge in [0.2, 0.25) is 0 Å². The maximum Gasteiger partial charge on any atom is 0.0639 e. The Morgan fingerprint density at radius 2 is 1.11 bits per heavy atom. The Hall–Kier alpha value is -1.56. The molecule has 0 aliphatic rings. The summed E-state index contributed by atoms with van der Waals surface area (Å²) in [4.78, 5) is 10.5. The smallest absolute Gasteiger partial charge is 0.0639 e. The molecule has 0 saturated carbocycles. The van der Waals surface area contributed by atoms with Gasteiger partial charge in [0.25, 0.3) is 0 Å². The van der Waals surface area contributed by atoms with Gasteiger partial charge < -0.3 is 0 Å². The van der Waals surface area contributed by atoms with Crippen LogP contribution in [0.25, 0.3) is 0 Å². The fourth-order valence-electron chi connectivity index (χ4n) is 4.63. The van der Waals surface area contributed by atoms with Crippen molar-refractivity contribution in [2.45, 2.75) is 119 Å². The molecule has 0 N–H and O–H groups in total. The summed E-state index contributed by atoms with van der Waals surface area (Å²) < 4.78 is 0. The molecule has 2 nitrogen and oxygen atoms in total. The van der Waals surface area contributed by atoms with Gasteiger partial charge in [0.05, 0.1) is 22.8 Å². The second-order valence-electron chi connectivity index (χ2n) is 9.74. The van der Waals surface area contributed by atoms with Crippen LogP contribution in [0.15, 0.2) is 46.4 Å². The summed E-state index contributed by atoms with van der Waals surface area (Å²) in [6.45, 7) is 13.3. The van der Waals surface area contributed by atoms with Gasteiger partial charge in [0.1, 0.15) is 0 Å². The van der Waals surface area contributed by atoms with E-state index in [1.807, 2.05) is 0 Å². The van der Waals surface area contributed by atoms with Crippen molar-refractivity contribution in [2.24, 2.45) is 9.98 Å². The van der Waals surface area contributed by atoms with Crippen LogP contribution in [0.3, 0.4) is 0 Å². The van der Waals surface area contributed by atoms with Crippen LogP contribution in [-0.4, -0.2) is 11.4 Å². The normalized spacial score (nSPS) is 12.1. The molecule has 0 amide bonds. The molecule has 2 rings (SSSR count). The predicted octanol–water partition coefficient (Wildman–Crippen LogP) is 10.2. The maximum absolute atomic E-state index is 5.26. The van der Waals surface area contributed by atoms with E-state index in [9.17, 15) is 0 Å². The van der Waals surface area contributed by atoms with Crippen LogP contribution in [0.2, 0.25) is 0 Å². The van der Waals surface area contributed by atoms with E-state index in [0.29, 0.717) is 0 Å². The molecule has 0 radical (unpaired) electrons. The first-order chi connectivity index (χ1) is 16.5. The number of aliphatic imine (C=N–C) groups is 2. The molecule has 0 aliphatic heterocycles. The maximum atomic E-state index is 5.26. The van der Waals surface area contributed by atoms with Crippen LogP contribution < -0.4 is 0 Å². The molecular formula is C32H48N2Pd. The molecule has 196 valence electrons. The number of nitrogens with zero attached hydrogens (tertiary/aromatic N) is 2. The minimum absolute atomic E-state index is 0. The molecule has 3 heteroatoms. The summed E-state index contributed by atoms with van der Waals surface area (Å²) in [5.41, 5.74) is 9.91. The summed E-state index contributed by atoms with van der Waals surface area (Å²) in [7, 11) is 0. The fourth-order valence-corrected chi connectivity index (χ4v) is 4.63. The van der Waals surface area contributed by atoms with E-state index in [2.05, 4.69) is 77.9 Å². The van der Waals surface area contributed by atoms with E-state index in [1.54, 1.807) is 0 Å². The minimum atomic E-state index is 0. The van der Waals surface area contributed by atoms with Crippen molar-refractivity contribution in [3.05, 3.63) is 58.7 Å². The Bertz CT molecular complexity index is 922. The van der Waals surface area contributed by atoms with Crippen LogP contribution in [0.1, 0.15) is 114 Å². The zero-order valence-electron chi connectivity index (χ0n) is 23.2. The van der Waals surface area contributed by atoms with E-state index < -0.39 is 0 Å². The van der Waals surface area contributed by atoms with Gasteiger partial charge >= 0.3 is 0 Å². The molecule has 0 heterocycles. The van der Waals surface area contributed by atoms with Crippen LogP contribution in [0.4, 0.5) is 11.4 Å². The number of aryl methyl sites for hydroxylation is 4. The van der Waals surface area contributed by atoms with Gasteiger partial charge in [-0.25, -0.2) is 0 Å². The van der Waals surface area contributed by atoms with Crippen molar-refractivity contribution in [1.82, 2.24) is 0 Å². The van der Waals surface area contributed by atoms with Gasteiger partial charge in [0.15, 0.2) is 0 Å². The second-order valence-corrected chi connectivity index (χ2v) is 9.74. The van der Waals surface area contributed by atoms with Crippen LogP contribution >= 0.6 is 0 Å². The molecule has 35 heavy (non-hydrogen) atoms. The van der Waals surface area contributed by atoms with Gasteiger partial charge in [-0.3, -0.25) is 9.98 Å². The zero-order chi connectivity index (χ0) is 24.8. The van der Waals surface area contributed by atoms with Crippen LogP contribution in [-0.2, 0) is 33.3 Å². The number of benzene rings is 2. The quantitative estimate of drug-likeness (QED) is 0.116. The Morgan fingerprint density at radius 3 is 1.71 bits per heavy atom. The van der Waals surface area contributed by atoms with Gasteiger partial charge in [-0.05, 0) is 98.9 Å². The molecule has 0 fully saturated rings. The molecule has 0 saturated heterocycles. The van der Waals surface area contributed by atoms with Crippen molar-refractivity contribution < 1.29 is 20.4 Å². The largest absolute Gasteiger partial charge is 0.252 e. The van der Waals surface area contributed by atoms with Crippen molar-refractivity contribution in [2.75, 3.05) is 0 Å². The summed E-state index contributed by atoms with van der Waals surface area (Å²) in [5, 5.41) is 0. The first-order valence-corrected chi connectivity index (χ1v) is 13.9. The Kier molecular flexibility index (Phi) is 16.0. The van der Waals surface area contributed by atoms with Crippen LogP contribution in [0, 0.1) is 13.8 Å². The molecular weight excluding hydrogens is 519 g/mol. The standard InChI is InChI=1S/C32H48N2.Pd/c1-7-11-13-14-15-16-18-32(33-29-20-19-27(9-3)28(10-4)24-29)31(17-12-8-2)34-30-22-25(5)21-26(6)23-30;/h19-24H,7-18H2,1-6H3;. The Morgan fingerprint density at radius 1 is 0.571 bits per heavy atom. The number of unbranched alkanes of at least 4 members (excludes halogenated alkanes) is 6. The molecule has 0 unspecified atom stereocenters. The third kappa shape index (κ3) is 11.4. The van der Waals surface area contributed by atoms with E-state index in [4.69, 9.17) is 9.98 Å². The molecule has 2 aromatic carbocycles. The minimum Gasteiger partial charge on any atom is -0.252 e. The zero-order valence-corrected chi connectivity index (χ0v) is 24.7. The van der Waals surface area contributed by atoms with Gasteiger partial charge in [0, 0.05) is 20.4 Å². The number of hydrogen-bond acceptors (Lipinski definition) is 2. The molecule has 0 atom stereocenters. The summed E-state index contributed by atoms with van der Waals surface area (Å²) in [5.74, 6) is 0. The molecule has 0 spiro atoms. The van der Waals surface area contributed by atoms with E-state index >= 15 is 0 Å². The average molecular weight is 567 g/mol. The molecule has 0 bridgehead atoms. The average Bonchev–Trinajstić information content (AvgIpc) is 2.82. The summed E-state index contributed by atoms with van der Waals surface area (Å²) >= 11 is 0. The number of hydrogen-bond donors (Lipinski definition) is 0. The van der Waals surface area contributed by atoms with Gasteiger partial charge in [-0.2, -0.15) is 0 Å². The molecule has 0 aromatic heterocycles. The number of rotatable bonds is 15. The van der Waals surface area contributed by atoms with Gasteiger partial charge in [-0.1, -0.05) is 78.4 Å². The topological polar surface area (TPSA) is 24.7 Å². The van der Waals surface area contributed by atoms with Crippen molar-refractivity contribution in [3.63, 3.8) is 0 Å². The van der Waals surface area contributed by atoms with E-state index in [-0.39, 0.29) is 20.4 Å². The van der Waals surface area contributed by atoms with E-state index in [0.717, 1.165) is 43.5 Å². The van der Waals surface area contributed by atoms with Crippen molar-refractivity contribution >= 4 is 22.8 Å². The predicted molar refractivity (Wildman–Crippen MR) is 153 cm³/mol. The monoisotopic (exact) mass is 566 g/mol. The van der Waals surface area contributed by atoms with E-state index in [1.165, 1.54) is 78.6 Å². The Labute approximate surface area is 229 Å². The summed E-state index contributed by atoms with van der Waals surface area (Å²) in [6.07, 6.45) is 14.2. The second kappa shape index (κ2) is 17.8. The van der Waals surface area contributed by atoms with Gasteiger partial charge in [-0.15, -0.1) is 0 Å². The first kappa shape index (κ1) is 31.5. The third-order valence-corrected chi connectivity index (χ3v) is 6.55. The summed E-state index contributed by atoms with van der Waals surface area (Å²) in [6, 6.07) is 13.4. The van der Waals surface area contributed by atoms with Crippen LogP contribution in [0.5, 0.6) is 0 Å². The third-order valence-electron chi connectivity index (χ3n) is 6.55.